The Hall–Kier alpha value is 0.250. The van der Waals surface area contributed by atoms with E-state index in [1.54, 1.807) is 0 Å². The van der Waals surface area contributed by atoms with Gasteiger partial charge in [-0.2, -0.15) is 0 Å². The normalized spacial score (nSPS) is 25.5. The van der Waals surface area contributed by atoms with E-state index in [1.807, 2.05) is 0 Å². The Kier molecular flexibility index (Phi) is 4.38. The maximum absolute atomic E-state index is 5.92. The molecule has 0 aromatic rings. The molecule has 0 bridgehead atoms. The summed E-state index contributed by atoms with van der Waals surface area (Å²) in [4.78, 5) is 2.60. The molecule has 12 heavy (non-hydrogen) atoms. The van der Waals surface area contributed by atoms with Crippen molar-refractivity contribution in [2.45, 2.75) is 51.6 Å². The predicted molar refractivity (Wildman–Crippen MR) is 54.8 cm³/mol. The zero-order valence-corrected chi connectivity index (χ0v) is 8.98. The van der Waals surface area contributed by atoms with Gasteiger partial charge in [0.2, 0.25) is 0 Å². The van der Waals surface area contributed by atoms with Gasteiger partial charge in [0.25, 0.3) is 0 Å². The fourth-order valence-corrected chi connectivity index (χ4v) is 2.59. The van der Waals surface area contributed by atoms with Gasteiger partial charge in [-0.3, -0.25) is 4.90 Å². The zero-order chi connectivity index (χ0) is 8.97. The van der Waals surface area contributed by atoms with Crippen LogP contribution in [-0.4, -0.2) is 29.4 Å². The van der Waals surface area contributed by atoms with Crippen molar-refractivity contribution in [2.75, 3.05) is 12.4 Å². The van der Waals surface area contributed by atoms with Gasteiger partial charge in [-0.05, 0) is 32.2 Å². The van der Waals surface area contributed by atoms with Crippen LogP contribution in [0.2, 0.25) is 0 Å². The summed E-state index contributed by atoms with van der Waals surface area (Å²) in [6.07, 6.45) is 5.18. The van der Waals surface area contributed by atoms with E-state index in [1.165, 1.54) is 32.2 Å². The number of halogens is 1. The van der Waals surface area contributed by atoms with E-state index in [0.717, 1.165) is 11.9 Å². The SMILES string of the molecule is CCC(CC)N1CCCC1CCl. The van der Waals surface area contributed by atoms with Crippen LogP contribution in [0.25, 0.3) is 0 Å². The molecular weight excluding hydrogens is 170 g/mol. The lowest BCUT2D eigenvalue weighted by molar-refractivity contribution is 0.181. The van der Waals surface area contributed by atoms with Gasteiger partial charge in [-0.25, -0.2) is 0 Å². The third kappa shape index (κ3) is 2.14. The van der Waals surface area contributed by atoms with E-state index in [0.29, 0.717) is 6.04 Å². The highest BCUT2D eigenvalue weighted by Crippen LogP contribution is 2.23. The molecule has 1 atom stereocenters. The molecule has 1 aliphatic rings. The highest BCUT2D eigenvalue weighted by Gasteiger charge is 2.27. The van der Waals surface area contributed by atoms with Crippen molar-refractivity contribution in [3.8, 4) is 0 Å². The molecule has 0 radical (unpaired) electrons. The van der Waals surface area contributed by atoms with Gasteiger partial charge < -0.3 is 0 Å². The molecule has 1 unspecified atom stereocenters. The van der Waals surface area contributed by atoms with Gasteiger partial charge in [0.05, 0.1) is 0 Å². The van der Waals surface area contributed by atoms with Crippen molar-refractivity contribution in [3.63, 3.8) is 0 Å². The molecule has 0 N–H and O–H groups in total. The predicted octanol–water partition coefficient (Wildman–Crippen LogP) is 2.88. The van der Waals surface area contributed by atoms with E-state index in [2.05, 4.69) is 18.7 Å². The maximum atomic E-state index is 5.92. The van der Waals surface area contributed by atoms with E-state index < -0.39 is 0 Å². The van der Waals surface area contributed by atoms with Crippen LogP contribution in [0, 0.1) is 0 Å². The van der Waals surface area contributed by atoms with Crippen molar-refractivity contribution >= 4 is 11.6 Å². The number of rotatable bonds is 4. The molecule has 1 saturated heterocycles. The van der Waals surface area contributed by atoms with Gasteiger partial charge in [-0.15, -0.1) is 11.6 Å². The third-order valence-electron chi connectivity index (χ3n) is 3.01. The summed E-state index contributed by atoms with van der Waals surface area (Å²) in [6, 6.07) is 1.44. The molecule has 1 fully saturated rings. The molecule has 0 saturated carbocycles. The van der Waals surface area contributed by atoms with Crippen LogP contribution < -0.4 is 0 Å². The molecular formula is C10H20ClN. The van der Waals surface area contributed by atoms with Gasteiger partial charge in [0, 0.05) is 18.0 Å². The second-order valence-electron chi connectivity index (χ2n) is 3.66. The summed E-state index contributed by atoms with van der Waals surface area (Å²) in [6.45, 7) is 5.82. The quantitative estimate of drug-likeness (QED) is 0.615. The number of alkyl halides is 1. The van der Waals surface area contributed by atoms with Crippen LogP contribution in [0.4, 0.5) is 0 Å². The monoisotopic (exact) mass is 189 g/mol. The standard InChI is InChI=1S/C10H20ClN/c1-3-9(4-2)12-7-5-6-10(12)8-11/h9-10H,3-8H2,1-2H3. The lowest BCUT2D eigenvalue weighted by Gasteiger charge is -2.30. The average molecular weight is 190 g/mol. The lowest BCUT2D eigenvalue weighted by Crippen LogP contribution is -2.39. The van der Waals surface area contributed by atoms with Crippen molar-refractivity contribution in [3.05, 3.63) is 0 Å². The Morgan fingerprint density at radius 2 is 2.08 bits per heavy atom. The Balaban J connectivity index is 2.47. The van der Waals surface area contributed by atoms with Gasteiger partial charge >= 0.3 is 0 Å². The summed E-state index contributed by atoms with van der Waals surface area (Å²) >= 11 is 5.92. The van der Waals surface area contributed by atoms with Crippen LogP contribution in [0.15, 0.2) is 0 Å². The highest BCUT2D eigenvalue weighted by molar-refractivity contribution is 6.18. The topological polar surface area (TPSA) is 3.24 Å². The Morgan fingerprint density at radius 1 is 1.42 bits per heavy atom. The van der Waals surface area contributed by atoms with Crippen molar-refractivity contribution in [2.24, 2.45) is 0 Å². The first-order chi connectivity index (χ1) is 5.83. The molecule has 1 nitrogen and oxygen atoms in total. The summed E-state index contributed by atoms with van der Waals surface area (Å²) in [5.41, 5.74) is 0. The number of nitrogens with zero attached hydrogens (tertiary/aromatic N) is 1. The molecule has 1 aliphatic heterocycles. The van der Waals surface area contributed by atoms with Crippen LogP contribution in [0.5, 0.6) is 0 Å². The van der Waals surface area contributed by atoms with Crippen LogP contribution in [0.1, 0.15) is 39.5 Å². The van der Waals surface area contributed by atoms with Crippen LogP contribution in [0.3, 0.4) is 0 Å². The van der Waals surface area contributed by atoms with Crippen molar-refractivity contribution in [1.82, 2.24) is 4.90 Å². The van der Waals surface area contributed by atoms with E-state index in [9.17, 15) is 0 Å². The largest absolute Gasteiger partial charge is 0.296 e. The molecule has 0 amide bonds. The number of hydrogen-bond donors (Lipinski definition) is 0. The average Bonchev–Trinajstić information content (AvgIpc) is 2.55. The minimum atomic E-state index is 0.663. The first-order valence-corrected chi connectivity index (χ1v) is 5.68. The van der Waals surface area contributed by atoms with Crippen molar-refractivity contribution < 1.29 is 0 Å². The second-order valence-corrected chi connectivity index (χ2v) is 3.97. The van der Waals surface area contributed by atoms with E-state index in [-0.39, 0.29) is 0 Å². The summed E-state index contributed by atoms with van der Waals surface area (Å²) < 4.78 is 0. The van der Waals surface area contributed by atoms with Gasteiger partial charge in [0.1, 0.15) is 0 Å². The first kappa shape index (κ1) is 10.3. The molecule has 0 aromatic carbocycles. The fraction of sp³-hybridized carbons (Fsp3) is 1.00. The Morgan fingerprint density at radius 3 is 2.58 bits per heavy atom. The van der Waals surface area contributed by atoms with Gasteiger partial charge in [-0.1, -0.05) is 13.8 Å². The zero-order valence-electron chi connectivity index (χ0n) is 8.22. The smallest absolute Gasteiger partial charge is 0.0379 e. The number of likely N-dealkylation sites (tertiary alicyclic amines) is 1. The summed E-state index contributed by atoms with van der Waals surface area (Å²) in [5, 5.41) is 0. The molecule has 1 heterocycles. The first-order valence-electron chi connectivity index (χ1n) is 5.15. The molecule has 0 spiro atoms. The minimum absolute atomic E-state index is 0.663. The summed E-state index contributed by atoms with van der Waals surface area (Å²) in [5.74, 6) is 0.816. The lowest BCUT2D eigenvalue weighted by atomic mass is 10.1. The highest BCUT2D eigenvalue weighted by atomic mass is 35.5. The van der Waals surface area contributed by atoms with Crippen molar-refractivity contribution in [1.29, 1.82) is 0 Å². The van der Waals surface area contributed by atoms with Crippen LogP contribution >= 0.6 is 11.6 Å². The van der Waals surface area contributed by atoms with Crippen LogP contribution in [-0.2, 0) is 0 Å². The minimum Gasteiger partial charge on any atom is -0.296 e. The number of hydrogen-bond acceptors (Lipinski definition) is 1. The maximum Gasteiger partial charge on any atom is 0.0379 e. The molecule has 0 aliphatic carbocycles. The second kappa shape index (κ2) is 5.08. The Labute approximate surface area is 81.1 Å². The molecule has 1 rings (SSSR count). The molecule has 2 heteroatoms. The molecule has 0 aromatic heterocycles. The summed E-state index contributed by atoms with van der Waals surface area (Å²) in [7, 11) is 0. The fourth-order valence-electron chi connectivity index (χ4n) is 2.26. The van der Waals surface area contributed by atoms with E-state index >= 15 is 0 Å². The molecule has 72 valence electrons. The van der Waals surface area contributed by atoms with Gasteiger partial charge in [0.15, 0.2) is 0 Å². The Bertz CT molecular complexity index is 123. The van der Waals surface area contributed by atoms with E-state index in [4.69, 9.17) is 11.6 Å². The third-order valence-corrected chi connectivity index (χ3v) is 3.37.